The number of sulfonamides is 1. The highest BCUT2D eigenvalue weighted by Gasteiger charge is 2.31. The van der Waals surface area contributed by atoms with E-state index in [4.69, 9.17) is 0 Å². The van der Waals surface area contributed by atoms with Gasteiger partial charge in [0.2, 0.25) is 10.0 Å². The van der Waals surface area contributed by atoms with Gasteiger partial charge in [-0.1, -0.05) is 13.3 Å². The summed E-state index contributed by atoms with van der Waals surface area (Å²) in [7, 11) is -3.03. The van der Waals surface area contributed by atoms with Crippen molar-refractivity contribution in [1.29, 1.82) is 0 Å². The van der Waals surface area contributed by atoms with Gasteiger partial charge in [0.1, 0.15) is 0 Å². The molecule has 112 valence electrons. The van der Waals surface area contributed by atoms with Gasteiger partial charge in [0.15, 0.2) is 0 Å². The molecule has 0 spiro atoms. The fraction of sp³-hybridized carbons (Fsp3) is 1.00. The molecule has 0 aromatic heterocycles. The van der Waals surface area contributed by atoms with E-state index in [1.165, 1.54) is 6.42 Å². The van der Waals surface area contributed by atoms with E-state index in [0.717, 1.165) is 58.2 Å². The quantitative estimate of drug-likeness (QED) is 0.841. The van der Waals surface area contributed by atoms with E-state index in [1.807, 2.05) is 0 Å². The van der Waals surface area contributed by atoms with Gasteiger partial charge in [0.25, 0.3) is 0 Å². The van der Waals surface area contributed by atoms with Crippen LogP contribution in [0, 0.1) is 5.92 Å². The van der Waals surface area contributed by atoms with Gasteiger partial charge in [0, 0.05) is 12.6 Å². The molecule has 4 nitrogen and oxygen atoms in total. The van der Waals surface area contributed by atoms with Crippen molar-refractivity contribution in [3.63, 3.8) is 0 Å². The highest BCUT2D eigenvalue weighted by atomic mass is 32.2. The second-order valence-corrected chi connectivity index (χ2v) is 8.01. The maximum Gasteiger partial charge on any atom is 0.214 e. The Morgan fingerprint density at radius 2 is 1.89 bits per heavy atom. The second kappa shape index (κ2) is 7.04. The fourth-order valence-corrected chi connectivity index (χ4v) is 5.33. The van der Waals surface area contributed by atoms with Crippen LogP contribution in [-0.4, -0.2) is 44.2 Å². The molecule has 0 bridgehead atoms. The van der Waals surface area contributed by atoms with E-state index in [9.17, 15) is 8.42 Å². The lowest BCUT2D eigenvalue weighted by Gasteiger charge is -2.34. The van der Waals surface area contributed by atoms with Crippen LogP contribution in [0.2, 0.25) is 0 Å². The molecule has 0 radical (unpaired) electrons. The number of nitrogens with zero attached hydrogens (tertiary/aromatic N) is 1. The number of rotatable bonds is 5. The van der Waals surface area contributed by atoms with Crippen LogP contribution >= 0.6 is 0 Å². The SMILES string of the molecule is CCC1CCCCN1S(=O)(=O)CCC1CCNCC1. The maximum absolute atomic E-state index is 12.5. The van der Waals surface area contributed by atoms with Crippen LogP contribution in [0.4, 0.5) is 0 Å². The molecule has 1 unspecified atom stereocenters. The van der Waals surface area contributed by atoms with Crippen molar-refractivity contribution in [2.24, 2.45) is 5.92 Å². The fourth-order valence-electron chi connectivity index (χ4n) is 3.35. The van der Waals surface area contributed by atoms with Gasteiger partial charge in [-0.05, 0) is 57.5 Å². The molecule has 2 fully saturated rings. The van der Waals surface area contributed by atoms with Crippen LogP contribution in [0.25, 0.3) is 0 Å². The summed E-state index contributed by atoms with van der Waals surface area (Å²) < 4.78 is 26.8. The average molecular weight is 288 g/mol. The first-order chi connectivity index (χ1) is 9.13. The molecule has 0 aromatic carbocycles. The first-order valence-electron chi connectivity index (χ1n) is 7.83. The molecule has 0 aromatic rings. The number of nitrogens with one attached hydrogen (secondary N) is 1. The summed E-state index contributed by atoms with van der Waals surface area (Å²) in [4.78, 5) is 0. The topological polar surface area (TPSA) is 49.4 Å². The van der Waals surface area contributed by atoms with Crippen molar-refractivity contribution in [3.8, 4) is 0 Å². The minimum absolute atomic E-state index is 0.256. The molecular formula is C14H28N2O2S. The Balaban J connectivity index is 1.89. The summed E-state index contributed by atoms with van der Waals surface area (Å²) in [5, 5.41) is 3.33. The summed E-state index contributed by atoms with van der Waals surface area (Å²) in [6, 6.07) is 0.256. The normalized spacial score (nSPS) is 27.5. The van der Waals surface area contributed by atoms with E-state index in [1.54, 1.807) is 4.31 Å². The Kier molecular flexibility index (Phi) is 5.66. The summed E-state index contributed by atoms with van der Waals surface area (Å²) >= 11 is 0. The van der Waals surface area contributed by atoms with Crippen LogP contribution in [-0.2, 0) is 10.0 Å². The Labute approximate surface area is 118 Å². The molecule has 2 aliphatic rings. The highest BCUT2D eigenvalue weighted by molar-refractivity contribution is 7.89. The Morgan fingerprint density at radius 1 is 1.16 bits per heavy atom. The van der Waals surface area contributed by atoms with Crippen LogP contribution in [0.5, 0.6) is 0 Å². The molecule has 19 heavy (non-hydrogen) atoms. The number of hydrogen-bond donors (Lipinski definition) is 1. The predicted molar refractivity (Wildman–Crippen MR) is 78.6 cm³/mol. The monoisotopic (exact) mass is 288 g/mol. The number of hydrogen-bond acceptors (Lipinski definition) is 3. The molecule has 0 aliphatic carbocycles. The maximum atomic E-state index is 12.5. The largest absolute Gasteiger partial charge is 0.317 e. The van der Waals surface area contributed by atoms with Gasteiger partial charge in [-0.15, -0.1) is 0 Å². The third-order valence-corrected chi connectivity index (χ3v) is 6.59. The van der Waals surface area contributed by atoms with E-state index in [0.29, 0.717) is 11.7 Å². The van der Waals surface area contributed by atoms with E-state index < -0.39 is 10.0 Å². The lowest BCUT2D eigenvalue weighted by Crippen LogP contribution is -2.44. The smallest absolute Gasteiger partial charge is 0.214 e. The Morgan fingerprint density at radius 3 is 2.58 bits per heavy atom. The molecule has 2 aliphatic heterocycles. The summed E-state index contributed by atoms with van der Waals surface area (Å²) in [5.41, 5.74) is 0. The van der Waals surface area contributed by atoms with Gasteiger partial charge in [-0.2, -0.15) is 4.31 Å². The molecule has 2 saturated heterocycles. The standard InChI is InChI=1S/C14H28N2O2S/c1-2-14-5-3-4-11-16(14)19(17,18)12-8-13-6-9-15-10-7-13/h13-15H,2-12H2,1H3. The molecule has 2 heterocycles. The molecule has 1 N–H and O–H groups in total. The first kappa shape index (κ1) is 15.3. The molecule has 2 rings (SSSR count). The third kappa shape index (κ3) is 4.17. The third-order valence-electron chi connectivity index (χ3n) is 4.64. The molecular weight excluding hydrogens is 260 g/mol. The van der Waals surface area contributed by atoms with Gasteiger partial charge < -0.3 is 5.32 Å². The first-order valence-corrected chi connectivity index (χ1v) is 9.44. The zero-order chi connectivity index (χ0) is 13.7. The highest BCUT2D eigenvalue weighted by Crippen LogP contribution is 2.25. The van der Waals surface area contributed by atoms with E-state index in [-0.39, 0.29) is 6.04 Å². The van der Waals surface area contributed by atoms with E-state index in [2.05, 4.69) is 12.2 Å². The summed E-state index contributed by atoms with van der Waals surface area (Å²) in [5.74, 6) is 0.953. The van der Waals surface area contributed by atoms with Crippen LogP contribution < -0.4 is 5.32 Å². The lowest BCUT2D eigenvalue weighted by atomic mass is 9.96. The summed E-state index contributed by atoms with van der Waals surface area (Å²) in [6.45, 7) is 4.94. The van der Waals surface area contributed by atoms with Crippen molar-refractivity contribution < 1.29 is 8.42 Å². The zero-order valence-electron chi connectivity index (χ0n) is 12.1. The lowest BCUT2D eigenvalue weighted by molar-refractivity contribution is 0.245. The average Bonchev–Trinajstić information content (AvgIpc) is 2.46. The van der Waals surface area contributed by atoms with Crippen LogP contribution in [0.15, 0.2) is 0 Å². The van der Waals surface area contributed by atoms with Crippen molar-refractivity contribution in [2.75, 3.05) is 25.4 Å². The summed E-state index contributed by atoms with van der Waals surface area (Å²) in [6.07, 6.45) is 7.31. The Hall–Kier alpha value is -0.130. The minimum Gasteiger partial charge on any atom is -0.317 e. The van der Waals surface area contributed by atoms with Crippen molar-refractivity contribution >= 4 is 10.0 Å². The van der Waals surface area contributed by atoms with Crippen LogP contribution in [0.1, 0.15) is 51.9 Å². The van der Waals surface area contributed by atoms with Crippen LogP contribution in [0.3, 0.4) is 0 Å². The van der Waals surface area contributed by atoms with Gasteiger partial charge in [-0.25, -0.2) is 8.42 Å². The zero-order valence-corrected chi connectivity index (χ0v) is 12.9. The Bertz CT molecular complexity index is 364. The van der Waals surface area contributed by atoms with Gasteiger partial charge in [0.05, 0.1) is 5.75 Å². The molecule has 1 atom stereocenters. The second-order valence-electron chi connectivity index (χ2n) is 5.97. The molecule has 5 heteroatoms. The van der Waals surface area contributed by atoms with Gasteiger partial charge in [-0.3, -0.25) is 0 Å². The van der Waals surface area contributed by atoms with E-state index >= 15 is 0 Å². The van der Waals surface area contributed by atoms with Gasteiger partial charge >= 0.3 is 0 Å². The van der Waals surface area contributed by atoms with Crippen molar-refractivity contribution in [1.82, 2.24) is 9.62 Å². The predicted octanol–water partition coefficient (Wildman–Crippen LogP) is 1.97. The van der Waals surface area contributed by atoms with Crippen molar-refractivity contribution in [2.45, 2.75) is 57.9 Å². The molecule has 0 saturated carbocycles. The molecule has 0 amide bonds. The number of piperidine rings is 2. The van der Waals surface area contributed by atoms with Crippen molar-refractivity contribution in [3.05, 3.63) is 0 Å². The minimum atomic E-state index is -3.03.